The molecule has 0 saturated carbocycles. The largest absolute Gasteiger partial charge is 0.573 e. The van der Waals surface area contributed by atoms with Crippen LogP contribution in [0.2, 0.25) is 0 Å². The van der Waals surface area contributed by atoms with E-state index < -0.39 is 16.2 Å². The average Bonchev–Trinajstić information content (AvgIpc) is 2.25. The first-order valence-electron chi connectivity index (χ1n) is 5.45. The van der Waals surface area contributed by atoms with Gasteiger partial charge in [0.15, 0.2) is 9.84 Å². The van der Waals surface area contributed by atoms with Gasteiger partial charge in [-0.3, -0.25) is 4.98 Å². The van der Waals surface area contributed by atoms with Crippen molar-refractivity contribution in [3.05, 3.63) is 36.0 Å². The van der Waals surface area contributed by atoms with Crippen molar-refractivity contribution < 1.29 is 26.3 Å². The second-order valence-electron chi connectivity index (χ2n) is 4.27. The molecule has 0 spiro atoms. The summed E-state index contributed by atoms with van der Waals surface area (Å²) in [4.78, 5) is 4.08. The molecule has 108 valence electrons. The molecule has 1 heterocycles. The molecule has 0 radical (unpaired) electrons. The van der Waals surface area contributed by atoms with Gasteiger partial charge in [0.25, 0.3) is 0 Å². The first-order chi connectivity index (χ1) is 9.12. The van der Waals surface area contributed by atoms with Crippen LogP contribution < -0.4 is 4.74 Å². The molecular weight excluding hydrogens is 295 g/mol. The highest BCUT2D eigenvalue weighted by Gasteiger charge is 2.31. The summed E-state index contributed by atoms with van der Waals surface area (Å²) >= 11 is 0. The van der Waals surface area contributed by atoms with E-state index in [9.17, 15) is 21.6 Å². The van der Waals surface area contributed by atoms with Gasteiger partial charge in [0, 0.05) is 11.6 Å². The van der Waals surface area contributed by atoms with Gasteiger partial charge in [0.2, 0.25) is 0 Å². The summed E-state index contributed by atoms with van der Waals surface area (Å²) in [5.74, 6) is -0.563. The van der Waals surface area contributed by atoms with Gasteiger partial charge in [0.05, 0.1) is 17.0 Å². The van der Waals surface area contributed by atoms with Gasteiger partial charge in [-0.15, -0.1) is 13.2 Å². The van der Waals surface area contributed by atoms with Crippen molar-refractivity contribution in [3.8, 4) is 5.75 Å². The Morgan fingerprint density at radius 3 is 2.50 bits per heavy atom. The van der Waals surface area contributed by atoms with Gasteiger partial charge in [-0.2, -0.15) is 0 Å². The van der Waals surface area contributed by atoms with E-state index in [1.807, 2.05) is 0 Å². The number of ether oxygens (including phenoxy) is 1. The third-order valence-electron chi connectivity index (χ3n) is 2.36. The van der Waals surface area contributed by atoms with Crippen LogP contribution in [0.4, 0.5) is 13.2 Å². The maximum Gasteiger partial charge on any atom is 0.573 e. The molecule has 0 atom stereocenters. The molecule has 0 aliphatic carbocycles. The van der Waals surface area contributed by atoms with Crippen LogP contribution in [0, 0.1) is 0 Å². The van der Waals surface area contributed by atoms with Crippen molar-refractivity contribution in [2.24, 2.45) is 0 Å². The molecule has 0 fully saturated rings. The Morgan fingerprint density at radius 1 is 1.20 bits per heavy atom. The third kappa shape index (κ3) is 4.09. The Hall–Kier alpha value is -1.83. The van der Waals surface area contributed by atoms with E-state index in [1.165, 1.54) is 24.3 Å². The molecule has 0 unspecified atom stereocenters. The average molecular weight is 305 g/mol. The van der Waals surface area contributed by atoms with Gasteiger partial charge in [-0.1, -0.05) is 6.07 Å². The van der Waals surface area contributed by atoms with Gasteiger partial charge in [-0.05, 0) is 24.3 Å². The highest BCUT2D eigenvalue weighted by Crippen LogP contribution is 2.26. The Bertz CT molecular complexity index is 741. The summed E-state index contributed by atoms with van der Waals surface area (Å²) in [7, 11) is -3.21. The summed E-state index contributed by atoms with van der Waals surface area (Å²) in [6.07, 6.45) is -3.67. The number of nitrogens with zero attached hydrogens (tertiary/aromatic N) is 1. The van der Waals surface area contributed by atoms with Gasteiger partial charge in [-0.25, -0.2) is 8.42 Å². The second kappa shape index (κ2) is 4.93. The van der Waals surface area contributed by atoms with Crippen LogP contribution in [0.1, 0.15) is 5.69 Å². The van der Waals surface area contributed by atoms with Gasteiger partial charge >= 0.3 is 6.36 Å². The van der Waals surface area contributed by atoms with Gasteiger partial charge < -0.3 is 4.74 Å². The number of hydrogen-bond donors (Lipinski definition) is 0. The van der Waals surface area contributed by atoms with Crippen molar-refractivity contribution >= 4 is 20.7 Å². The van der Waals surface area contributed by atoms with Gasteiger partial charge in [0.1, 0.15) is 5.75 Å². The molecule has 0 bridgehead atoms. The molecule has 0 aliphatic rings. The molecule has 0 aliphatic heterocycles. The number of sulfone groups is 1. The van der Waals surface area contributed by atoms with Crippen LogP contribution in [0.25, 0.3) is 10.9 Å². The second-order valence-corrected chi connectivity index (χ2v) is 6.42. The van der Waals surface area contributed by atoms with Crippen molar-refractivity contribution in [3.63, 3.8) is 0 Å². The predicted molar refractivity (Wildman–Crippen MR) is 67.0 cm³/mol. The van der Waals surface area contributed by atoms with E-state index in [0.29, 0.717) is 16.6 Å². The smallest absolute Gasteiger partial charge is 0.406 e. The van der Waals surface area contributed by atoms with E-state index in [2.05, 4.69) is 9.72 Å². The molecule has 1 aromatic heterocycles. The Labute approximate surface area is 113 Å². The minimum Gasteiger partial charge on any atom is -0.406 e. The molecule has 2 rings (SSSR count). The first-order valence-corrected chi connectivity index (χ1v) is 7.52. The molecule has 20 heavy (non-hydrogen) atoms. The summed E-state index contributed by atoms with van der Waals surface area (Å²) in [6, 6.07) is 6.64. The number of halogens is 3. The molecule has 0 amide bonds. The lowest BCUT2D eigenvalue weighted by molar-refractivity contribution is -0.274. The zero-order valence-electron chi connectivity index (χ0n) is 10.3. The zero-order chi connectivity index (χ0) is 15.0. The Kier molecular flexibility index (Phi) is 3.59. The van der Waals surface area contributed by atoms with E-state index in [4.69, 9.17) is 0 Å². The van der Waals surface area contributed by atoms with Crippen molar-refractivity contribution in [1.82, 2.24) is 4.98 Å². The Morgan fingerprint density at radius 2 is 1.90 bits per heavy atom. The number of pyridine rings is 1. The monoisotopic (exact) mass is 305 g/mol. The van der Waals surface area contributed by atoms with Crippen molar-refractivity contribution in [2.45, 2.75) is 12.1 Å². The fraction of sp³-hybridized carbons (Fsp3) is 0.250. The summed E-state index contributed by atoms with van der Waals surface area (Å²) < 4.78 is 62.4. The molecule has 0 N–H and O–H groups in total. The maximum atomic E-state index is 12.1. The lowest BCUT2D eigenvalue weighted by atomic mass is 10.2. The van der Waals surface area contributed by atoms with Crippen LogP contribution in [0.3, 0.4) is 0 Å². The highest BCUT2D eigenvalue weighted by molar-refractivity contribution is 7.89. The molecule has 1 aromatic carbocycles. The number of alkyl halides is 3. The standard InChI is InChI=1S/C12H10F3NO3S/c1-20(17,18)7-9-3-2-8-6-10(19-12(13,14)15)4-5-11(8)16-9/h2-6H,7H2,1H3. The number of fused-ring (bicyclic) bond motifs is 1. The minimum absolute atomic E-state index is 0.219. The number of hydrogen-bond acceptors (Lipinski definition) is 4. The van der Waals surface area contributed by atoms with Crippen LogP contribution in [0.5, 0.6) is 5.75 Å². The van der Waals surface area contributed by atoms with Crippen LogP contribution in [0.15, 0.2) is 30.3 Å². The van der Waals surface area contributed by atoms with E-state index in [-0.39, 0.29) is 11.5 Å². The van der Waals surface area contributed by atoms with Crippen LogP contribution >= 0.6 is 0 Å². The Balaban J connectivity index is 2.35. The quantitative estimate of drug-likeness (QED) is 0.875. The molecular formula is C12H10F3NO3S. The number of benzene rings is 1. The van der Waals surface area contributed by atoms with Crippen molar-refractivity contribution in [2.75, 3.05) is 6.26 Å². The minimum atomic E-state index is -4.75. The molecule has 2 aromatic rings. The third-order valence-corrected chi connectivity index (χ3v) is 3.18. The summed E-state index contributed by atoms with van der Waals surface area (Å²) in [6.45, 7) is 0. The first kappa shape index (κ1) is 14.6. The fourth-order valence-corrected chi connectivity index (χ4v) is 2.39. The summed E-state index contributed by atoms with van der Waals surface area (Å²) in [5.41, 5.74) is 0.741. The predicted octanol–water partition coefficient (Wildman–Crippen LogP) is 2.68. The highest BCUT2D eigenvalue weighted by atomic mass is 32.2. The summed E-state index contributed by atoms with van der Waals surface area (Å²) in [5, 5.41) is 0.434. The van der Waals surface area contributed by atoms with Crippen LogP contribution in [-0.4, -0.2) is 26.0 Å². The number of aromatic nitrogens is 1. The molecule has 8 heteroatoms. The van der Waals surface area contributed by atoms with E-state index in [0.717, 1.165) is 12.3 Å². The lowest BCUT2D eigenvalue weighted by Gasteiger charge is -2.09. The zero-order valence-corrected chi connectivity index (χ0v) is 11.1. The SMILES string of the molecule is CS(=O)(=O)Cc1ccc2cc(OC(F)(F)F)ccc2n1. The molecule has 4 nitrogen and oxygen atoms in total. The normalized spacial score (nSPS) is 12.6. The van der Waals surface area contributed by atoms with Crippen LogP contribution in [-0.2, 0) is 15.6 Å². The van der Waals surface area contributed by atoms with E-state index in [1.54, 1.807) is 0 Å². The topological polar surface area (TPSA) is 56.3 Å². The lowest BCUT2D eigenvalue weighted by Crippen LogP contribution is -2.17. The molecule has 0 saturated heterocycles. The fourth-order valence-electron chi connectivity index (χ4n) is 1.69. The van der Waals surface area contributed by atoms with Crippen molar-refractivity contribution in [1.29, 1.82) is 0 Å². The maximum absolute atomic E-state index is 12.1. The number of rotatable bonds is 3. The van der Waals surface area contributed by atoms with E-state index >= 15 is 0 Å².